The Hall–Kier alpha value is -1.14. The van der Waals surface area contributed by atoms with Crippen molar-refractivity contribution in [2.45, 2.75) is 25.3 Å². The average Bonchev–Trinajstić information content (AvgIpc) is 2.79. The second-order valence-corrected chi connectivity index (χ2v) is 5.29. The van der Waals surface area contributed by atoms with Gasteiger partial charge in [0.1, 0.15) is 11.2 Å². The summed E-state index contributed by atoms with van der Waals surface area (Å²) < 4.78 is 8.29. The number of hydrogen-bond donors (Lipinski definition) is 1. The summed E-state index contributed by atoms with van der Waals surface area (Å²) >= 11 is 3.40. The molecule has 0 aliphatic carbocycles. The molecule has 2 aromatic heterocycles. The lowest BCUT2D eigenvalue weighted by molar-refractivity contribution is 0.229. The lowest BCUT2D eigenvalue weighted by Gasteiger charge is -2.23. The molecule has 6 heteroatoms. The van der Waals surface area contributed by atoms with Gasteiger partial charge in [0.2, 0.25) is 5.88 Å². The van der Waals surface area contributed by atoms with Crippen LogP contribution in [0.5, 0.6) is 5.88 Å². The van der Waals surface area contributed by atoms with Crippen molar-refractivity contribution < 1.29 is 4.74 Å². The molecular weight excluding hydrogens is 296 g/mol. The van der Waals surface area contributed by atoms with Gasteiger partial charge in [-0.1, -0.05) is 6.42 Å². The number of hydrogen-bond acceptors (Lipinski definition) is 4. The topological polar surface area (TPSA) is 51.5 Å². The summed E-state index contributed by atoms with van der Waals surface area (Å²) in [6.07, 6.45) is 5.45. The van der Waals surface area contributed by atoms with Gasteiger partial charge >= 0.3 is 0 Å². The third kappa shape index (κ3) is 2.49. The summed E-state index contributed by atoms with van der Waals surface area (Å²) in [4.78, 5) is 4.20. The van der Waals surface area contributed by atoms with Crippen molar-refractivity contribution in [2.24, 2.45) is 0 Å². The van der Waals surface area contributed by atoms with Crippen LogP contribution in [0.4, 0.5) is 0 Å². The van der Waals surface area contributed by atoms with E-state index in [9.17, 15) is 0 Å². The fourth-order valence-electron chi connectivity index (χ4n) is 2.16. The van der Waals surface area contributed by atoms with E-state index in [1.165, 1.54) is 19.3 Å². The van der Waals surface area contributed by atoms with E-state index in [0.717, 1.165) is 16.8 Å². The molecule has 3 rings (SSSR count). The zero-order valence-corrected chi connectivity index (χ0v) is 11.6. The van der Waals surface area contributed by atoms with E-state index in [4.69, 9.17) is 4.74 Å². The Kier molecular flexibility index (Phi) is 3.47. The number of nitrogens with zero attached hydrogens (tertiary/aromatic N) is 3. The third-order valence-corrected chi connectivity index (χ3v) is 3.68. The van der Waals surface area contributed by atoms with Gasteiger partial charge in [0.15, 0.2) is 5.65 Å². The normalized spacial score (nSPS) is 20.2. The van der Waals surface area contributed by atoms with Crippen molar-refractivity contribution in [1.29, 1.82) is 0 Å². The molecule has 1 fully saturated rings. The van der Waals surface area contributed by atoms with Gasteiger partial charge in [-0.05, 0) is 41.4 Å². The molecule has 0 saturated carbocycles. The van der Waals surface area contributed by atoms with Crippen molar-refractivity contribution in [3.63, 3.8) is 0 Å². The number of nitrogens with one attached hydrogen (secondary N) is 1. The molecule has 1 atom stereocenters. The van der Waals surface area contributed by atoms with Crippen molar-refractivity contribution in [3.8, 4) is 5.88 Å². The van der Waals surface area contributed by atoms with Crippen LogP contribution >= 0.6 is 15.9 Å². The lowest BCUT2D eigenvalue weighted by Crippen LogP contribution is -2.38. The van der Waals surface area contributed by atoms with Gasteiger partial charge in [0.25, 0.3) is 0 Å². The summed E-state index contributed by atoms with van der Waals surface area (Å²) in [7, 11) is 0. The predicted octanol–water partition coefficient (Wildman–Crippen LogP) is 2.01. The lowest BCUT2D eigenvalue weighted by atomic mass is 10.1. The highest BCUT2D eigenvalue weighted by molar-refractivity contribution is 9.10. The number of piperidine rings is 1. The number of aromatic nitrogens is 3. The second-order valence-electron chi connectivity index (χ2n) is 4.48. The average molecular weight is 311 g/mol. The fourth-order valence-corrected chi connectivity index (χ4v) is 2.52. The van der Waals surface area contributed by atoms with Crippen LogP contribution in [-0.2, 0) is 0 Å². The summed E-state index contributed by atoms with van der Waals surface area (Å²) in [5.74, 6) is 0.633. The quantitative estimate of drug-likeness (QED) is 0.942. The van der Waals surface area contributed by atoms with E-state index in [1.807, 2.05) is 12.1 Å². The molecule has 0 spiro atoms. The molecule has 1 N–H and O–H groups in total. The smallest absolute Gasteiger partial charge is 0.231 e. The Morgan fingerprint density at radius 3 is 3.22 bits per heavy atom. The Labute approximate surface area is 114 Å². The van der Waals surface area contributed by atoms with Gasteiger partial charge < -0.3 is 10.1 Å². The minimum Gasteiger partial charge on any atom is -0.475 e. The van der Waals surface area contributed by atoms with E-state index < -0.39 is 0 Å². The monoisotopic (exact) mass is 310 g/mol. The molecule has 0 bridgehead atoms. The maximum Gasteiger partial charge on any atom is 0.231 e. The van der Waals surface area contributed by atoms with Crippen molar-refractivity contribution in [1.82, 2.24) is 19.9 Å². The molecule has 96 valence electrons. The standard InChI is InChI=1S/C12H15BrN4O/c13-10-7-15-11-4-5-12(16-17(10)11)18-8-9-3-1-2-6-14-9/h4-5,7,9,14H,1-3,6,8H2. The number of imidazole rings is 1. The highest BCUT2D eigenvalue weighted by atomic mass is 79.9. The number of rotatable bonds is 3. The highest BCUT2D eigenvalue weighted by Gasteiger charge is 2.13. The molecule has 18 heavy (non-hydrogen) atoms. The van der Waals surface area contributed by atoms with Gasteiger partial charge in [-0.2, -0.15) is 0 Å². The Morgan fingerprint density at radius 1 is 1.44 bits per heavy atom. The third-order valence-electron chi connectivity index (χ3n) is 3.14. The van der Waals surface area contributed by atoms with E-state index in [2.05, 4.69) is 31.3 Å². The minimum atomic E-state index is 0.447. The summed E-state index contributed by atoms with van der Waals surface area (Å²) in [5, 5.41) is 7.83. The molecule has 0 amide bonds. The first-order chi connectivity index (χ1) is 8.83. The first-order valence-electron chi connectivity index (χ1n) is 6.19. The molecule has 5 nitrogen and oxygen atoms in total. The van der Waals surface area contributed by atoms with E-state index in [-0.39, 0.29) is 0 Å². The van der Waals surface area contributed by atoms with Gasteiger partial charge in [-0.3, -0.25) is 0 Å². The van der Waals surface area contributed by atoms with Crippen LogP contribution in [0, 0.1) is 0 Å². The molecule has 1 aliphatic heterocycles. The molecule has 1 saturated heterocycles. The Morgan fingerprint density at radius 2 is 2.39 bits per heavy atom. The van der Waals surface area contributed by atoms with Crippen LogP contribution in [0.3, 0.4) is 0 Å². The van der Waals surface area contributed by atoms with Crippen molar-refractivity contribution in [2.75, 3.05) is 13.2 Å². The zero-order valence-electron chi connectivity index (χ0n) is 9.97. The summed E-state index contributed by atoms with van der Waals surface area (Å²) in [6.45, 7) is 1.76. The van der Waals surface area contributed by atoms with Crippen molar-refractivity contribution >= 4 is 21.6 Å². The molecule has 0 radical (unpaired) electrons. The van der Waals surface area contributed by atoms with Crippen LogP contribution in [0.1, 0.15) is 19.3 Å². The molecule has 2 aromatic rings. The number of fused-ring (bicyclic) bond motifs is 1. The first-order valence-corrected chi connectivity index (χ1v) is 6.99. The molecule has 1 unspecified atom stereocenters. The van der Waals surface area contributed by atoms with Gasteiger partial charge in [0.05, 0.1) is 6.20 Å². The van der Waals surface area contributed by atoms with E-state index in [0.29, 0.717) is 18.5 Å². The van der Waals surface area contributed by atoms with Crippen LogP contribution < -0.4 is 10.1 Å². The maximum absolute atomic E-state index is 5.73. The summed E-state index contributed by atoms with van der Waals surface area (Å²) in [6, 6.07) is 4.21. The summed E-state index contributed by atoms with van der Waals surface area (Å²) in [5.41, 5.74) is 0.810. The van der Waals surface area contributed by atoms with Gasteiger partial charge in [0, 0.05) is 12.1 Å². The van der Waals surface area contributed by atoms with Crippen LogP contribution in [0.25, 0.3) is 5.65 Å². The first kappa shape index (κ1) is 11.9. The maximum atomic E-state index is 5.73. The SMILES string of the molecule is Brc1cnc2ccc(OCC3CCCCN3)nn12. The highest BCUT2D eigenvalue weighted by Crippen LogP contribution is 2.15. The van der Waals surface area contributed by atoms with Gasteiger partial charge in [-0.25, -0.2) is 9.50 Å². The van der Waals surface area contributed by atoms with Crippen molar-refractivity contribution in [3.05, 3.63) is 22.9 Å². The van der Waals surface area contributed by atoms with Crippen LogP contribution in [0.15, 0.2) is 22.9 Å². The zero-order chi connectivity index (χ0) is 12.4. The number of halogens is 1. The van der Waals surface area contributed by atoms with E-state index >= 15 is 0 Å². The molecule has 0 aromatic carbocycles. The molecule has 1 aliphatic rings. The molecular formula is C12H15BrN4O. The van der Waals surface area contributed by atoms with Crippen LogP contribution in [-0.4, -0.2) is 33.8 Å². The Bertz CT molecular complexity index is 536. The fraction of sp³-hybridized carbons (Fsp3) is 0.500. The number of ether oxygens (including phenoxy) is 1. The Balaban J connectivity index is 1.68. The largest absolute Gasteiger partial charge is 0.475 e. The van der Waals surface area contributed by atoms with Crippen LogP contribution in [0.2, 0.25) is 0 Å². The van der Waals surface area contributed by atoms with E-state index in [1.54, 1.807) is 10.7 Å². The second kappa shape index (κ2) is 5.24. The minimum absolute atomic E-state index is 0.447. The predicted molar refractivity (Wildman–Crippen MR) is 71.8 cm³/mol. The van der Waals surface area contributed by atoms with Gasteiger partial charge in [-0.15, -0.1) is 5.10 Å². The molecule has 3 heterocycles.